The highest BCUT2D eigenvalue weighted by molar-refractivity contribution is 7.17. The average molecular weight is 271 g/mol. The van der Waals surface area contributed by atoms with E-state index in [0.29, 0.717) is 18.1 Å². The van der Waals surface area contributed by atoms with Crippen molar-refractivity contribution in [2.45, 2.75) is 19.8 Å². The standard InChI is InChI=1S/C10H13N3O4S/c1-5(14)8-7(9(16)17)13-10(18-8)12-4-2-3-6(11)15/h2-4H2,1H3,(H2,11,15)(H,12,13)(H,16,17). The molecule has 0 saturated carbocycles. The minimum Gasteiger partial charge on any atom is -0.476 e. The van der Waals surface area contributed by atoms with Gasteiger partial charge in [0.25, 0.3) is 0 Å². The number of carboxylic acids is 1. The number of primary amides is 1. The van der Waals surface area contributed by atoms with Crippen molar-refractivity contribution in [3.8, 4) is 0 Å². The zero-order chi connectivity index (χ0) is 13.7. The van der Waals surface area contributed by atoms with E-state index in [1.54, 1.807) is 0 Å². The maximum absolute atomic E-state index is 11.2. The predicted octanol–water partition coefficient (Wildman–Crippen LogP) is 0.721. The van der Waals surface area contributed by atoms with E-state index in [9.17, 15) is 14.4 Å². The van der Waals surface area contributed by atoms with Crippen molar-refractivity contribution in [2.24, 2.45) is 5.73 Å². The molecule has 7 nitrogen and oxygen atoms in total. The lowest BCUT2D eigenvalue weighted by atomic mass is 10.3. The fraction of sp³-hybridized carbons (Fsp3) is 0.400. The van der Waals surface area contributed by atoms with E-state index >= 15 is 0 Å². The van der Waals surface area contributed by atoms with Crippen LogP contribution in [0.5, 0.6) is 0 Å². The summed E-state index contributed by atoms with van der Waals surface area (Å²) in [6.45, 7) is 1.73. The Kier molecular flexibility index (Phi) is 4.78. The van der Waals surface area contributed by atoms with E-state index in [1.165, 1.54) is 6.92 Å². The number of nitrogens with zero attached hydrogens (tertiary/aromatic N) is 1. The number of carboxylic acid groups (broad SMARTS) is 1. The normalized spacial score (nSPS) is 10.1. The molecule has 0 bridgehead atoms. The first-order chi connectivity index (χ1) is 8.41. The van der Waals surface area contributed by atoms with Gasteiger partial charge >= 0.3 is 5.97 Å². The van der Waals surface area contributed by atoms with Gasteiger partial charge in [-0.1, -0.05) is 11.3 Å². The van der Waals surface area contributed by atoms with Crippen LogP contribution >= 0.6 is 11.3 Å². The third kappa shape index (κ3) is 3.81. The second-order valence-electron chi connectivity index (χ2n) is 3.55. The van der Waals surface area contributed by atoms with Gasteiger partial charge in [0, 0.05) is 19.9 Å². The van der Waals surface area contributed by atoms with Gasteiger partial charge < -0.3 is 16.2 Å². The van der Waals surface area contributed by atoms with Crippen LogP contribution in [0.2, 0.25) is 0 Å². The van der Waals surface area contributed by atoms with Crippen LogP contribution in [0.1, 0.15) is 39.9 Å². The summed E-state index contributed by atoms with van der Waals surface area (Å²) in [7, 11) is 0. The van der Waals surface area contributed by atoms with Crippen molar-refractivity contribution in [1.29, 1.82) is 0 Å². The minimum atomic E-state index is -1.23. The monoisotopic (exact) mass is 271 g/mol. The van der Waals surface area contributed by atoms with Crippen molar-refractivity contribution in [2.75, 3.05) is 11.9 Å². The topological polar surface area (TPSA) is 122 Å². The lowest BCUT2D eigenvalue weighted by molar-refractivity contribution is -0.118. The molecule has 0 aliphatic rings. The Hall–Kier alpha value is -1.96. The summed E-state index contributed by atoms with van der Waals surface area (Å²) in [6, 6.07) is 0. The molecule has 0 aliphatic carbocycles. The van der Waals surface area contributed by atoms with E-state index in [-0.39, 0.29) is 22.8 Å². The molecule has 0 atom stereocenters. The van der Waals surface area contributed by atoms with Gasteiger partial charge in [-0.05, 0) is 6.42 Å². The van der Waals surface area contributed by atoms with Gasteiger partial charge in [0.05, 0.1) is 0 Å². The zero-order valence-electron chi connectivity index (χ0n) is 9.73. The molecule has 1 aromatic heterocycles. The van der Waals surface area contributed by atoms with Crippen LogP contribution in [0, 0.1) is 0 Å². The summed E-state index contributed by atoms with van der Waals surface area (Å²) in [5, 5.41) is 12.1. The molecule has 18 heavy (non-hydrogen) atoms. The molecule has 0 aliphatic heterocycles. The fourth-order valence-electron chi connectivity index (χ4n) is 1.24. The predicted molar refractivity (Wildman–Crippen MR) is 66.0 cm³/mol. The highest BCUT2D eigenvalue weighted by Gasteiger charge is 2.20. The first-order valence-corrected chi connectivity index (χ1v) is 6.00. The molecular formula is C10H13N3O4S. The molecule has 0 spiro atoms. The van der Waals surface area contributed by atoms with Gasteiger partial charge in [-0.15, -0.1) is 0 Å². The number of anilines is 1. The Bertz CT molecular complexity index is 452. The largest absolute Gasteiger partial charge is 0.476 e. The third-order valence-electron chi connectivity index (χ3n) is 2.03. The number of nitrogens with two attached hydrogens (primary N) is 1. The molecule has 4 N–H and O–H groups in total. The van der Waals surface area contributed by atoms with Crippen molar-refractivity contribution in [1.82, 2.24) is 4.98 Å². The van der Waals surface area contributed by atoms with Crippen molar-refractivity contribution < 1.29 is 19.5 Å². The second-order valence-corrected chi connectivity index (χ2v) is 4.55. The molecule has 8 heteroatoms. The molecule has 1 heterocycles. The van der Waals surface area contributed by atoms with E-state index in [0.717, 1.165) is 11.3 Å². The highest BCUT2D eigenvalue weighted by Crippen LogP contribution is 2.23. The van der Waals surface area contributed by atoms with Crippen LogP contribution in [0.3, 0.4) is 0 Å². The van der Waals surface area contributed by atoms with Crippen LogP contribution in [-0.4, -0.2) is 34.3 Å². The number of Topliss-reactive ketones (excluding diaryl/α,β-unsaturated/α-hetero) is 1. The van der Waals surface area contributed by atoms with Gasteiger partial charge in [-0.3, -0.25) is 9.59 Å². The lowest BCUT2D eigenvalue weighted by Gasteiger charge is -1.99. The van der Waals surface area contributed by atoms with Crippen LogP contribution in [0.15, 0.2) is 0 Å². The SMILES string of the molecule is CC(=O)c1sc(NCCCC(N)=O)nc1C(=O)O. The number of thiazole rings is 1. The van der Waals surface area contributed by atoms with Gasteiger partial charge in [0.15, 0.2) is 16.6 Å². The number of amides is 1. The number of ketones is 1. The molecule has 0 radical (unpaired) electrons. The van der Waals surface area contributed by atoms with Crippen molar-refractivity contribution in [3.05, 3.63) is 10.6 Å². The van der Waals surface area contributed by atoms with Crippen molar-refractivity contribution in [3.63, 3.8) is 0 Å². The first kappa shape index (κ1) is 14.1. The van der Waals surface area contributed by atoms with Gasteiger partial charge in [-0.25, -0.2) is 9.78 Å². The summed E-state index contributed by atoms with van der Waals surface area (Å²) in [5.41, 5.74) is 4.73. The number of nitrogens with one attached hydrogen (secondary N) is 1. The smallest absolute Gasteiger partial charge is 0.356 e. The molecule has 1 rings (SSSR count). The molecular weight excluding hydrogens is 258 g/mol. The Balaban J connectivity index is 2.67. The van der Waals surface area contributed by atoms with Crippen LogP contribution in [0.4, 0.5) is 5.13 Å². The fourth-order valence-corrected chi connectivity index (χ4v) is 2.12. The maximum atomic E-state index is 11.2. The summed E-state index contributed by atoms with van der Waals surface area (Å²) in [5.74, 6) is -1.97. The first-order valence-electron chi connectivity index (χ1n) is 5.19. The summed E-state index contributed by atoms with van der Waals surface area (Å²) in [4.78, 5) is 36.5. The lowest BCUT2D eigenvalue weighted by Crippen LogP contribution is -2.12. The number of rotatable bonds is 7. The molecule has 0 aromatic carbocycles. The summed E-state index contributed by atoms with van der Waals surface area (Å²) in [6.07, 6.45) is 0.760. The molecule has 0 unspecified atom stereocenters. The van der Waals surface area contributed by atoms with Crippen LogP contribution in [0.25, 0.3) is 0 Å². The van der Waals surface area contributed by atoms with Crippen molar-refractivity contribution >= 4 is 34.1 Å². The Morgan fingerprint density at radius 2 is 2.11 bits per heavy atom. The number of hydrogen-bond donors (Lipinski definition) is 3. The Morgan fingerprint density at radius 1 is 1.44 bits per heavy atom. The zero-order valence-corrected chi connectivity index (χ0v) is 10.5. The van der Waals surface area contributed by atoms with Gasteiger partial charge in [-0.2, -0.15) is 0 Å². The highest BCUT2D eigenvalue weighted by atomic mass is 32.1. The average Bonchev–Trinajstić information content (AvgIpc) is 2.68. The van der Waals surface area contributed by atoms with E-state index in [1.807, 2.05) is 0 Å². The second kappa shape index (κ2) is 6.10. The molecule has 0 saturated heterocycles. The van der Waals surface area contributed by atoms with Crippen LogP contribution < -0.4 is 11.1 Å². The van der Waals surface area contributed by atoms with Gasteiger partial charge in [0.1, 0.15) is 4.88 Å². The molecule has 98 valence electrons. The summed E-state index contributed by atoms with van der Waals surface area (Å²) < 4.78 is 0. The number of carbonyl (C=O) groups is 3. The van der Waals surface area contributed by atoms with E-state index in [4.69, 9.17) is 10.8 Å². The number of aromatic carboxylic acids is 1. The molecule has 0 fully saturated rings. The molecule has 1 aromatic rings. The maximum Gasteiger partial charge on any atom is 0.356 e. The number of hydrogen-bond acceptors (Lipinski definition) is 6. The number of carbonyl (C=O) groups excluding carboxylic acids is 2. The van der Waals surface area contributed by atoms with E-state index < -0.39 is 11.9 Å². The summed E-state index contributed by atoms with van der Waals surface area (Å²) >= 11 is 0.986. The third-order valence-corrected chi connectivity index (χ3v) is 3.14. The minimum absolute atomic E-state index is 0.111. The van der Waals surface area contributed by atoms with E-state index in [2.05, 4.69) is 10.3 Å². The Labute approximate surface area is 107 Å². The van der Waals surface area contributed by atoms with Crippen LogP contribution in [-0.2, 0) is 4.79 Å². The number of aromatic nitrogens is 1. The Morgan fingerprint density at radius 3 is 2.56 bits per heavy atom. The quantitative estimate of drug-likeness (QED) is 0.496. The van der Waals surface area contributed by atoms with Gasteiger partial charge in [0.2, 0.25) is 5.91 Å². The molecule has 1 amide bonds.